The van der Waals surface area contributed by atoms with Crippen LogP contribution in [-0.2, 0) is 6.42 Å². The molecule has 2 aromatic heterocycles. The van der Waals surface area contributed by atoms with E-state index >= 15 is 0 Å². The molecule has 3 nitrogen and oxygen atoms in total. The van der Waals surface area contributed by atoms with Gasteiger partial charge in [0.1, 0.15) is 5.15 Å². The first-order valence-electron chi connectivity index (χ1n) is 8.00. The number of aromatic nitrogens is 1. The zero-order valence-electron chi connectivity index (χ0n) is 13.1. The van der Waals surface area contributed by atoms with Crippen molar-refractivity contribution in [1.82, 2.24) is 4.98 Å². The van der Waals surface area contributed by atoms with E-state index in [1.54, 1.807) is 23.6 Å². The summed E-state index contributed by atoms with van der Waals surface area (Å²) in [6.45, 7) is 1.99. The highest BCUT2D eigenvalue weighted by Crippen LogP contribution is 2.39. The van der Waals surface area contributed by atoms with E-state index in [1.807, 2.05) is 6.92 Å². The molecule has 3 rings (SSSR count). The van der Waals surface area contributed by atoms with Gasteiger partial charge in [-0.3, -0.25) is 4.79 Å². The van der Waals surface area contributed by atoms with Crippen molar-refractivity contribution in [3.8, 4) is 0 Å². The number of aliphatic hydroxyl groups excluding tert-OH is 1. The topological polar surface area (TPSA) is 50.2 Å². The van der Waals surface area contributed by atoms with Gasteiger partial charge in [-0.05, 0) is 49.8 Å². The number of rotatable bonds is 5. The van der Waals surface area contributed by atoms with Crippen LogP contribution in [0.2, 0.25) is 5.15 Å². The van der Waals surface area contributed by atoms with E-state index in [1.165, 1.54) is 30.6 Å². The number of pyridine rings is 1. The van der Waals surface area contributed by atoms with Gasteiger partial charge in [0.05, 0.1) is 0 Å². The minimum absolute atomic E-state index is 0.0143. The van der Waals surface area contributed by atoms with E-state index in [0.29, 0.717) is 23.1 Å². The fourth-order valence-corrected chi connectivity index (χ4v) is 4.63. The van der Waals surface area contributed by atoms with E-state index in [4.69, 9.17) is 11.6 Å². The van der Waals surface area contributed by atoms with Gasteiger partial charge in [-0.15, -0.1) is 11.3 Å². The summed E-state index contributed by atoms with van der Waals surface area (Å²) >= 11 is 7.71. The first kappa shape index (κ1) is 16.6. The first-order chi connectivity index (χ1) is 11.1. The highest BCUT2D eigenvalue weighted by molar-refractivity contribution is 7.12. The van der Waals surface area contributed by atoms with Crippen molar-refractivity contribution in [2.45, 2.75) is 44.9 Å². The molecule has 0 bridgehead atoms. The van der Waals surface area contributed by atoms with Gasteiger partial charge in [0.25, 0.3) is 0 Å². The van der Waals surface area contributed by atoms with Gasteiger partial charge in [0.2, 0.25) is 0 Å². The lowest BCUT2D eigenvalue weighted by molar-refractivity contribution is 0.103. The lowest BCUT2D eigenvalue weighted by Crippen LogP contribution is -2.08. The van der Waals surface area contributed by atoms with Crippen molar-refractivity contribution < 1.29 is 9.90 Å². The molecule has 1 aliphatic rings. The lowest BCUT2D eigenvalue weighted by Gasteiger charge is -2.08. The molecule has 0 aromatic carbocycles. The second-order valence-electron chi connectivity index (χ2n) is 6.07. The molecular weight excluding hydrogens is 330 g/mol. The molecule has 2 heterocycles. The van der Waals surface area contributed by atoms with Crippen LogP contribution in [0.1, 0.15) is 62.8 Å². The minimum Gasteiger partial charge on any atom is -0.396 e. The number of aryl methyl sites for hydroxylation is 1. The summed E-state index contributed by atoms with van der Waals surface area (Å²) in [6.07, 6.45) is 7.02. The Morgan fingerprint density at radius 2 is 2.09 bits per heavy atom. The van der Waals surface area contributed by atoms with Gasteiger partial charge in [-0.25, -0.2) is 4.98 Å². The number of carbonyl (C=O) groups excluding carboxylic acids is 1. The Labute approximate surface area is 145 Å². The number of thiophene rings is 1. The molecule has 0 unspecified atom stereocenters. The molecule has 1 saturated carbocycles. The standard InChI is InChI=1S/C18H20ClNO2S/c1-11-14(8-16(23-11)12-4-2-3-5-12)18(22)15-9-17(19)20-10-13(15)6-7-21/h8-10,12,21H,2-7H2,1H3. The summed E-state index contributed by atoms with van der Waals surface area (Å²) in [5.41, 5.74) is 2.06. The van der Waals surface area contributed by atoms with Gasteiger partial charge in [0.15, 0.2) is 5.78 Å². The third-order valence-electron chi connectivity index (χ3n) is 4.52. The normalized spacial score (nSPS) is 15.3. The number of hydrogen-bond acceptors (Lipinski definition) is 4. The molecule has 0 amide bonds. The SMILES string of the molecule is Cc1sc(C2CCCC2)cc1C(=O)c1cc(Cl)ncc1CCO. The van der Waals surface area contributed by atoms with Gasteiger partial charge in [-0.2, -0.15) is 0 Å². The Kier molecular flexibility index (Phi) is 5.14. The molecule has 0 saturated heterocycles. The third-order valence-corrected chi connectivity index (χ3v) is 5.94. The summed E-state index contributed by atoms with van der Waals surface area (Å²) in [5.74, 6) is 0.592. The van der Waals surface area contributed by atoms with Crippen LogP contribution in [0.5, 0.6) is 0 Å². The molecule has 23 heavy (non-hydrogen) atoms. The van der Waals surface area contributed by atoms with E-state index in [2.05, 4.69) is 11.1 Å². The zero-order chi connectivity index (χ0) is 16.4. The second-order valence-corrected chi connectivity index (χ2v) is 7.74. The Bertz CT molecular complexity index is 720. The summed E-state index contributed by atoms with van der Waals surface area (Å²) < 4.78 is 0. The first-order valence-corrected chi connectivity index (χ1v) is 9.20. The second kappa shape index (κ2) is 7.12. The predicted molar refractivity (Wildman–Crippen MR) is 93.7 cm³/mol. The van der Waals surface area contributed by atoms with Crippen LogP contribution in [0.3, 0.4) is 0 Å². The van der Waals surface area contributed by atoms with Crippen molar-refractivity contribution in [2.24, 2.45) is 0 Å². The fraction of sp³-hybridized carbons (Fsp3) is 0.444. The molecule has 1 N–H and O–H groups in total. The van der Waals surface area contributed by atoms with E-state index in [0.717, 1.165) is 16.0 Å². The van der Waals surface area contributed by atoms with Crippen molar-refractivity contribution in [1.29, 1.82) is 0 Å². The molecule has 5 heteroatoms. The van der Waals surface area contributed by atoms with Crippen LogP contribution in [0.4, 0.5) is 0 Å². The monoisotopic (exact) mass is 349 g/mol. The summed E-state index contributed by atoms with van der Waals surface area (Å²) in [4.78, 5) is 19.4. The van der Waals surface area contributed by atoms with Crippen LogP contribution in [0.15, 0.2) is 18.3 Å². The number of hydrogen-bond donors (Lipinski definition) is 1. The summed E-state index contributed by atoms with van der Waals surface area (Å²) in [6, 6.07) is 3.68. The average molecular weight is 350 g/mol. The van der Waals surface area contributed by atoms with Crippen LogP contribution >= 0.6 is 22.9 Å². The Hall–Kier alpha value is -1.23. The molecule has 1 aliphatic carbocycles. The number of ketones is 1. The molecule has 0 aliphatic heterocycles. The van der Waals surface area contributed by atoms with Gasteiger partial charge < -0.3 is 5.11 Å². The maximum Gasteiger partial charge on any atom is 0.194 e. The van der Waals surface area contributed by atoms with Gasteiger partial charge in [-0.1, -0.05) is 24.4 Å². The lowest BCUT2D eigenvalue weighted by atomic mass is 9.97. The smallest absolute Gasteiger partial charge is 0.194 e. The minimum atomic E-state index is -0.0178. The van der Waals surface area contributed by atoms with Crippen LogP contribution in [-0.4, -0.2) is 22.5 Å². The molecule has 2 aromatic rings. The van der Waals surface area contributed by atoms with Crippen molar-refractivity contribution in [3.63, 3.8) is 0 Å². The highest BCUT2D eigenvalue weighted by atomic mass is 35.5. The van der Waals surface area contributed by atoms with E-state index in [-0.39, 0.29) is 12.4 Å². The van der Waals surface area contributed by atoms with Crippen LogP contribution in [0.25, 0.3) is 0 Å². The Morgan fingerprint density at radius 1 is 1.35 bits per heavy atom. The van der Waals surface area contributed by atoms with Crippen LogP contribution < -0.4 is 0 Å². The largest absolute Gasteiger partial charge is 0.396 e. The van der Waals surface area contributed by atoms with Crippen molar-refractivity contribution >= 4 is 28.7 Å². The molecule has 1 fully saturated rings. The maximum atomic E-state index is 13.0. The van der Waals surface area contributed by atoms with Gasteiger partial charge >= 0.3 is 0 Å². The third kappa shape index (κ3) is 3.49. The number of carbonyl (C=O) groups is 1. The molecule has 122 valence electrons. The van der Waals surface area contributed by atoms with Crippen molar-refractivity contribution in [3.05, 3.63) is 49.9 Å². The predicted octanol–water partition coefficient (Wildman–Crippen LogP) is 4.53. The Balaban J connectivity index is 1.95. The summed E-state index contributed by atoms with van der Waals surface area (Å²) in [7, 11) is 0. The van der Waals surface area contributed by atoms with Crippen LogP contribution in [0, 0.1) is 6.92 Å². The number of halogens is 1. The average Bonchev–Trinajstić information content (AvgIpc) is 3.18. The molecular formula is C18H20ClNO2S. The summed E-state index contributed by atoms with van der Waals surface area (Å²) in [5, 5.41) is 9.50. The fourth-order valence-electron chi connectivity index (χ4n) is 3.28. The molecule has 0 atom stereocenters. The Morgan fingerprint density at radius 3 is 2.78 bits per heavy atom. The zero-order valence-corrected chi connectivity index (χ0v) is 14.7. The van der Waals surface area contributed by atoms with E-state index < -0.39 is 0 Å². The van der Waals surface area contributed by atoms with Crippen molar-refractivity contribution in [2.75, 3.05) is 6.61 Å². The quantitative estimate of drug-likeness (QED) is 0.637. The molecule has 0 radical (unpaired) electrons. The maximum absolute atomic E-state index is 13.0. The highest BCUT2D eigenvalue weighted by Gasteiger charge is 2.23. The van der Waals surface area contributed by atoms with E-state index in [9.17, 15) is 9.90 Å². The number of aliphatic hydroxyl groups is 1. The molecule has 0 spiro atoms. The van der Waals surface area contributed by atoms with Gasteiger partial charge in [0, 0.05) is 33.7 Å². The number of nitrogens with zero attached hydrogens (tertiary/aromatic N) is 1.